The Labute approximate surface area is 231 Å². The summed E-state index contributed by atoms with van der Waals surface area (Å²) in [4.78, 5) is 19.0. The molecule has 2 N–H and O–H groups in total. The Bertz CT molecular complexity index is 1370. The van der Waals surface area contributed by atoms with Crippen LogP contribution in [0.3, 0.4) is 0 Å². The first kappa shape index (κ1) is 27.4. The van der Waals surface area contributed by atoms with Gasteiger partial charge >= 0.3 is 6.18 Å². The smallest absolute Gasteiger partial charge is 0.349 e. The number of hydrogen-bond acceptors (Lipinski definition) is 7. The van der Waals surface area contributed by atoms with Gasteiger partial charge in [-0.15, -0.1) is 0 Å². The molecule has 0 spiro atoms. The normalized spacial score (nSPS) is 16.4. The number of pyridine rings is 1. The summed E-state index contributed by atoms with van der Waals surface area (Å²) >= 11 is 5.36. The van der Waals surface area contributed by atoms with Crippen LogP contribution < -0.4 is 10.6 Å². The van der Waals surface area contributed by atoms with E-state index < -0.39 is 11.7 Å². The molecule has 3 aromatic rings. The number of alkyl halides is 3. The van der Waals surface area contributed by atoms with Crippen molar-refractivity contribution in [3.8, 4) is 11.3 Å². The van der Waals surface area contributed by atoms with Crippen molar-refractivity contribution in [2.75, 3.05) is 44.4 Å². The lowest BCUT2D eigenvalue weighted by atomic mass is 10.0. The summed E-state index contributed by atoms with van der Waals surface area (Å²) in [6.07, 6.45) is 2.72. The van der Waals surface area contributed by atoms with E-state index in [-0.39, 0.29) is 5.69 Å². The largest absolute Gasteiger partial charge is 0.416 e. The summed E-state index contributed by atoms with van der Waals surface area (Å²) in [6.45, 7) is 5.09. The SMILES string of the molecule is Cc1ncc(CCN2CCC(N(C)C)CC2)cc1Nc1ncc2c(n1)-c1ccc(C(F)(F)F)cc1NC(=S)C2. The van der Waals surface area contributed by atoms with Crippen LogP contribution in [-0.2, 0) is 19.0 Å². The molecule has 0 saturated carbocycles. The van der Waals surface area contributed by atoms with Gasteiger partial charge in [-0.25, -0.2) is 9.97 Å². The van der Waals surface area contributed by atoms with Crippen LogP contribution in [0.4, 0.5) is 30.5 Å². The number of halogens is 3. The van der Waals surface area contributed by atoms with E-state index in [1.165, 1.54) is 18.9 Å². The highest BCUT2D eigenvalue weighted by molar-refractivity contribution is 7.80. The number of thiocarbonyl (C=S) groups is 1. The fraction of sp³-hybridized carbons (Fsp3) is 0.429. The second-order valence-corrected chi connectivity index (χ2v) is 10.9. The number of rotatable bonds is 6. The Morgan fingerprint density at radius 2 is 1.90 bits per heavy atom. The summed E-state index contributed by atoms with van der Waals surface area (Å²) in [6, 6.07) is 6.30. The maximum Gasteiger partial charge on any atom is 0.416 e. The molecule has 2 aliphatic rings. The van der Waals surface area contributed by atoms with Gasteiger partial charge in [0.05, 0.1) is 27.6 Å². The third-order valence-corrected chi connectivity index (χ3v) is 7.73. The molecule has 2 aromatic heterocycles. The van der Waals surface area contributed by atoms with Gasteiger partial charge in [0.1, 0.15) is 0 Å². The lowest BCUT2D eigenvalue weighted by molar-refractivity contribution is -0.137. The Balaban J connectivity index is 1.34. The highest BCUT2D eigenvalue weighted by atomic mass is 32.1. The zero-order valence-electron chi connectivity index (χ0n) is 22.3. The fourth-order valence-corrected chi connectivity index (χ4v) is 5.40. The van der Waals surface area contributed by atoms with Crippen LogP contribution in [0.1, 0.15) is 35.2 Å². The van der Waals surface area contributed by atoms with Gasteiger partial charge in [0.15, 0.2) is 0 Å². The molecule has 0 atom stereocenters. The molecule has 2 aliphatic heterocycles. The standard InChI is InChI=1S/C28H32F3N7S/c1-17-23(12-18(15-32-17)6-9-38-10-7-21(8-11-38)37(2)3)35-27-33-16-19-13-25(39)34-24-14-20(28(29,30)31)4-5-22(24)26(19)36-27/h4-5,12,14-16,21H,6-11,13H2,1-3H3,(H,34,39)(H,33,35,36). The van der Waals surface area contributed by atoms with E-state index in [0.717, 1.165) is 60.7 Å². The number of fused-ring (bicyclic) bond motifs is 3. The maximum atomic E-state index is 13.3. The summed E-state index contributed by atoms with van der Waals surface area (Å²) in [5, 5.41) is 6.22. The van der Waals surface area contributed by atoms with Gasteiger partial charge in [-0.05, 0) is 77.1 Å². The number of aryl methyl sites for hydroxylation is 1. The highest BCUT2D eigenvalue weighted by Crippen LogP contribution is 2.38. The van der Waals surface area contributed by atoms with Crippen molar-refractivity contribution in [3.05, 3.63) is 59.0 Å². The predicted molar refractivity (Wildman–Crippen MR) is 152 cm³/mol. The van der Waals surface area contributed by atoms with Crippen molar-refractivity contribution in [2.24, 2.45) is 0 Å². The predicted octanol–water partition coefficient (Wildman–Crippen LogP) is 5.47. The van der Waals surface area contributed by atoms with E-state index in [4.69, 9.17) is 17.2 Å². The lowest BCUT2D eigenvalue weighted by Gasteiger charge is -2.35. The van der Waals surface area contributed by atoms with E-state index in [0.29, 0.717) is 34.7 Å². The average molecular weight is 556 g/mol. The number of piperidine rings is 1. The van der Waals surface area contributed by atoms with E-state index in [1.807, 2.05) is 13.1 Å². The first-order valence-electron chi connectivity index (χ1n) is 13.1. The van der Waals surface area contributed by atoms with E-state index >= 15 is 0 Å². The van der Waals surface area contributed by atoms with Gasteiger partial charge in [0, 0.05) is 48.2 Å². The number of likely N-dealkylation sites (tertiary alicyclic amines) is 1. The van der Waals surface area contributed by atoms with Gasteiger partial charge in [0.25, 0.3) is 0 Å². The molecule has 39 heavy (non-hydrogen) atoms. The Kier molecular flexibility index (Phi) is 7.84. The van der Waals surface area contributed by atoms with Crippen LogP contribution in [0.2, 0.25) is 0 Å². The molecule has 0 aliphatic carbocycles. The molecule has 0 radical (unpaired) electrons. The summed E-state index contributed by atoms with van der Waals surface area (Å²) < 4.78 is 40.0. The van der Waals surface area contributed by atoms with Crippen molar-refractivity contribution >= 4 is 34.5 Å². The minimum Gasteiger partial charge on any atom is -0.349 e. The molecule has 0 bridgehead atoms. The molecule has 5 rings (SSSR count). The van der Waals surface area contributed by atoms with E-state index in [2.05, 4.69) is 50.6 Å². The van der Waals surface area contributed by atoms with Crippen LogP contribution in [-0.4, -0.2) is 69.5 Å². The van der Waals surface area contributed by atoms with Crippen molar-refractivity contribution < 1.29 is 13.2 Å². The van der Waals surface area contributed by atoms with Gasteiger partial charge in [-0.2, -0.15) is 13.2 Å². The highest BCUT2D eigenvalue weighted by Gasteiger charge is 2.32. The van der Waals surface area contributed by atoms with Crippen molar-refractivity contribution in [1.82, 2.24) is 24.8 Å². The molecular formula is C28H32F3N7S. The zero-order chi connectivity index (χ0) is 27.7. The number of nitrogens with one attached hydrogen (secondary N) is 2. The minimum atomic E-state index is -4.45. The average Bonchev–Trinajstić information content (AvgIpc) is 3.03. The number of aromatic nitrogens is 3. The third-order valence-electron chi connectivity index (χ3n) is 7.49. The molecule has 0 unspecified atom stereocenters. The van der Waals surface area contributed by atoms with Gasteiger partial charge < -0.3 is 20.4 Å². The number of anilines is 3. The summed E-state index contributed by atoms with van der Waals surface area (Å²) in [5.74, 6) is 0.347. The summed E-state index contributed by atoms with van der Waals surface area (Å²) in [7, 11) is 4.30. The molecule has 1 saturated heterocycles. The lowest BCUT2D eigenvalue weighted by Crippen LogP contribution is -2.42. The molecule has 0 amide bonds. The first-order valence-corrected chi connectivity index (χ1v) is 13.5. The van der Waals surface area contributed by atoms with Crippen molar-refractivity contribution in [3.63, 3.8) is 0 Å². The second kappa shape index (κ2) is 11.1. The maximum absolute atomic E-state index is 13.3. The molecule has 11 heteroatoms. The number of hydrogen-bond donors (Lipinski definition) is 2. The first-order chi connectivity index (χ1) is 18.6. The van der Waals surface area contributed by atoms with Crippen LogP contribution >= 0.6 is 12.2 Å². The molecule has 206 valence electrons. The third kappa shape index (κ3) is 6.37. The number of nitrogens with zero attached hydrogens (tertiary/aromatic N) is 5. The molecule has 1 fully saturated rings. The quantitative estimate of drug-likeness (QED) is 0.388. The zero-order valence-corrected chi connectivity index (χ0v) is 23.1. The van der Waals surface area contributed by atoms with Crippen molar-refractivity contribution in [2.45, 2.75) is 44.8 Å². The fourth-order valence-electron chi connectivity index (χ4n) is 5.13. The van der Waals surface area contributed by atoms with Gasteiger partial charge in [-0.1, -0.05) is 18.3 Å². The van der Waals surface area contributed by atoms with Gasteiger partial charge in [0.2, 0.25) is 5.95 Å². The number of benzene rings is 1. The van der Waals surface area contributed by atoms with Crippen molar-refractivity contribution in [1.29, 1.82) is 0 Å². The van der Waals surface area contributed by atoms with Crippen LogP contribution in [0.15, 0.2) is 36.7 Å². The minimum absolute atomic E-state index is 0.285. The topological polar surface area (TPSA) is 69.2 Å². The van der Waals surface area contributed by atoms with E-state index in [1.54, 1.807) is 6.20 Å². The monoisotopic (exact) mass is 555 g/mol. The Morgan fingerprint density at radius 1 is 1.13 bits per heavy atom. The van der Waals surface area contributed by atoms with Crippen LogP contribution in [0.5, 0.6) is 0 Å². The van der Waals surface area contributed by atoms with Gasteiger partial charge in [-0.3, -0.25) is 4.98 Å². The van der Waals surface area contributed by atoms with Crippen LogP contribution in [0.25, 0.3) is 11.3 Å². The Morgan fingerprint density at radius 3 is 2.62 bits per heavy atom. The molecule has 4 heterocycles. The molecular weight excluding hydrogens is 523 g/mol. The van der Waals surface area contributed by atoms with Crippen LogP contribution in [0, 0.1) is 6.92 Å². The second-order valence-electron chi connectivity index (χ2n) is 10.4. The summed E-state index contributed by atoms with van der Waals surface area (Å²) in [5.41, 5.74) is 4.11. The Hall–Kier alpha value is -3.15. The van der Waals surface area contributed by atoms with E-state index in [9.17, 15) is 13.2 Å². The molecule has 1 aromatic carbocycles. The molecule has 7 nitrogen and oxygen atoms in total.